The van der Waals surface area contributed by atoms with E-state index < -0.39 is 4.92 Å². The van der Waals surface area contributed by atoms with E-state index in [1.807, 2.05) is 0 Å². The van der Waals surface area contributed by atoms with Gasteiger partial charge in [-0.15, -0.1) is 0 Å². The Morgan fingerprint density at radius 1 is 1.28 bits per heavy atom. The Bertz CT molecular complexity index is 857. The first kappa shape index (κ1) is 18.8. The van der Waals surface area contributed by atoms with Crippen LogP contribution in [0.1, 0.15) is 15.9 Å². The number of carbonyl (C=O) groups is 1. The van der Waals surface area contributed by atoms with E-state index in [9.17, 15) is 14.9 Å². The Morgan fingerprint density at radius 3 is 2.56 bits per heavy atom. The number of ether oxygens (including phenoxy) is 1. The molecule has 0 unspecified atom stereocenters. The van der Waals surface area contributed by atoms with Gasteiger partial charge < -0.3 is 10.1 Å². The number of rotatable bonds is 4. The van der Waals surface area contributed by atoms with Gasteiger partial charge in [0.25, 0.3) is 11.6 Å². The highest BCUT2D eigenvalue weighted by atomic mass is 79.9. The van der Waals surface area contributed by atoms with E-state index in [4.69, 9.17) is 17.0 Å². The fourth-order valence-corrected chi connectivity index (χ4v) is 2.78. The van der Waals surface area contributed by atoms with Crippen LogP contribution in [0.4, 0.5) is 11.4 Å². The maximum Gasteiger partial charge on any atom is 0.269 e. The molecule has 2 rings (SSSR count). The smallest absolute Gasteiger partial charge is 0.269 e. The van der Waals surface area contributed by atoms with Crippen LogP contribution in [-0.2, 0) is 0 Å². The summed E-state index contributed by atoms with van der Waals surface area (Å²) in [7, 11) is 1.53. The van der Waals surface area contributed by atoms with Crippen molar-refractivity contribution in [2.75, 3.05) is 12.4 Å². The van der Waals surface area contributed by atoms with Gasteiger partial charge in [0.15, 0.2) is 5.11 Å². The number of aryl methyl sites for hydroxylation is 1. The van der Waals surface area contributed by atoms with E-state index in [1.165, 1.54) is 25.3 Å². The van der Waals surface area contributed by atoms with Crippen LogP contribution in [0, 0.1) is 17.0 Å². The lowest BCUT2D eigenvalue weighted by atomic mass is 10.2. The quantitative estimate of drug-likeness (QED) is 0.441. The van der Waals surface area contributed by atoms with Crippen molar-refractivity contribution in [3.8, 4) is 5.75 Å². The molecule has 1 amide bonds. The summed E-state index contributed by atoms with van der Waals surface area (Å²) in [5.74, 6) is 0.221. The van der Waals surface area contributed by atoms with Gasteiger partial charge in [-0.05, 0) is 64.9 Å². The van der Waals surface area contributed by atoms with E-state index in [2.05, 4.69) is 26.6 Å². The van der Waals surface area contributed by atoms with Crippen molar-refractivity contribution in [1.82, 2.24) is 5.32 Å². The number of anilines is 1. The van der Waals surface area contributed by atoms with Crippen molar-refractivity contribution in [1.29, 1.82) is 0 Å². The van der Waals surface area contributed by atoms with Gasteiger partial charge in [-0.3, -0.25) is 20.2 Å². The molecule has 0 bridgehead atoms. The van der Waals surface area contributed by atoms with E-state index in [0.29, 0.717) is 27.0 Å². The van der Waals surface area contributed by atoms with Crippen molar-refractivity contribution in [2.24, 2.45) is 0 Å². The number of hydrogen-bond donors (Lipinski definition) is 2. The van der Waals surface area contributed by atoms with Crippen molar-refractivity contribution in [3.05, 3.63) is 62.1 Å². The Kier molecular flexibility index (Phi) is 6.05. The minimum atomic E-state index is -0.474. The minimum Gasteiger partial charge on any atom is -0.496 e. The molecule has 0 aliphatic carbocycles. The molecule has 2 N–H and O–H groups in total. The molecular weight excluding hydrogens is 410 g/mol. The predicted molar refractivity (Wildman–Crippen MR) is 102 cm³/mol. The normalized spacial score (nSPS) is 10.0. The number of halogens is 1. The summed E-state index contributed by atoms with van der Waals surface area (Å²) in [6.45, 7) is 1.71. The third-order valence-corrected chi connectivity index (χ3v) is 4.13. The maximum absolute atomic E-state index is 12.2. The number of nitro benzene ring substituents is 1. The van der Waals surface area contributed by atoms with E-state index in [-0.39, 0.29) is 16.7 Å². The van der Waals surface area contributed by atoms with Crippen LogP contribution in [0.25, 0.3) is 0 Å². The zero-order chi connectivity index (χ0) is 18.6. The van der Waals surface area contributed by atoms with E-state index >= 15 is 0 Å². The van der Waals surface area contributed by atoms with Gasteiger partial charge in [0.2, 0.25) is 0 Å². The van der Waals surface area contributed by atoms with Crippen molar-refractivity contribution < 1.29 is 14.5 Å². The number of carbonyl (C=O) groups excluding carboxylic acids is 1. The van der Waals surface area contributed by atoms with Crippen LogP contribution in [0.2, 0.25) is 0 Å². The predicted octanol–water partition coefficient (Wildman–Crippen LogP) is 3.80. The zero-order valence-electron chi connectivity index (χ0n) is 13.3. The lowest BCUT2D eigenvalue weighted by Crippen LogP contribution is -2.34. The molecule has 0 aliphatic heterocycles. The lowest BCUT2D eigenvalue weighted by molar-refractivity contribution is -0.384. The fourth-order valence-electron chi connectivity index (χ4n) is 2.04. The van der Waals surface area contributed by atoms with Crippen molar-refractivity contribution in [3.63, 3.8) is 0 Å². The summed E-state index contributed by atoms with van der Waals surface area (Å²) in [5, 5.41) is 16.3. The summed E-state index contributed by atoms with van der Waals surface area (Å²) >= 11 is 8.44. The summed E-state index contributed by atoms with van der Waals surface area (Å²) in [5.41, 5.74) is 1.60. The molecule has 0 saturated carbocycles. The third kappa shape index (κ3) is 4.74. The Labute approximate surface area is 157 Å². The first-order chi connectivity index (χ1) is 11.8. The van der Waals surface area contributed by atoms with Gasteiger partial charge in [-0.2, -0.15) is 0 Å². The van der Waals surface area contributed by atoms with Gasteiger partial charge >= 0.3 is 0 Å². The Balaban J connectivity index is 2.06. The number of hydrogen-bond acceptors (Lipinski definition) is 5. The van der Waals surface area contributed by atoms with Gasteiger partial charge in [-0.25, -0.2) is 0 Å². The number of methoxy groups -OCH3 is 1. The molecule has 0 aromatic heterocycles. The first-order valence-corrected chi connectivity index (χ1v) is 8.23. The van der Waals surface area contributed by atoms with Crippen LogP contribution in [0.5, 0.6) is 5.75 Å². The van der Waals surface area contributed by atoms with Crippen LogP contribution in [0.15, 0.2) is 40.9 Å². The molecule has 2 aromatic carbocycles. The monoisotopic (exact) mass is 423 g/mol. The standard InChI is InChI=1S/C16H14BrN3O4S/c1-9-7-11(20(22)23)4-5-13(9)18-16(25)19-15(21)10-3-6-14(24-2)12(17)8-10/h3-8H,1-2H3,(H2,18,19,21,25). The second kappa shape index (κ2) is 8.04. The van der Waals surface area contributed by atoms with Gasteiger partial charge in [0, 0.05) is 23.4 Å². The SMILES string of the molecule is COc1ccc(C(=O)NC(=S)Nc2ccc([N+](=O)[O-])cc2C)cc1Br. The molecule has 2 aromatic rings. The molecule has 0 aliphatic rings. The number of nitrogens with zero attached hydrogens (tertiary/aromatic N) is 1. The van der Waals surface area contributed by atoms with Crippen LogP contribution < -0.4 is 15.4 Å². The van der Waals surface area contributed by atoms with Gasteiger partial charge in [0.05, 0.1) is 16.5 Å². The topological polar surface area (TPSA) is 93.5 Å². The molecule has 0 atom stereocenters. The minimum absolute atomic E-state index is 0.0129. The second-order valence-corrected chi connectivity index (χ2v) is 6.28. The second-order valence-electron chi connectivity index (χ2n) is 5.01. The number of nitro groups is 1. The molecule has 0 saturated heterocycles. The molecule has 0 spiro atoms. The summed E-state index contributed by atoms with van der Waals surface area (Å²) in [6.07, 6.45) is 0. The Morgan fingerprint density at radius 2 is 2.00 bits per heavy atom. The first-order valence-electron chi connectivity index (χ1n) is 7.02. The average Bonchev–Trinajstić information content (AvgIpc) is 2.56. The van der Waals surface area contributed by atoms with Crippen molar-refractivity contribution >= 4 is 50.5 Å². The summed E-state index contributed by atoms with van der Waals surface area (Å²) < 4.78 is 5.76. The number of amides is 1. The maximum atomic E-state index is 12.2. The summed E-state index contributed by atoms with van der Waals surface area (Å²) in [4.78, 5) is 22.5. The molecule has 7 nitrogen and oxygen atoms in total. The van der Waals surface area contributed by atoms with Crippen LogP contribution >= 0.6 is 28.1 Å². The highest BCUT2D eigenvalue weighted by Crippen LogP contribution is 2.25. The molecular formula is C16H14BrN3O4S. The highest BCUT2D eigenvalue weighted by Gasteiger charge is 2.12. The van der Waals surface area contributed by atoms with Crippen LogP contribution in [-0.4, -0.2) is 23.1 Å². The number of non-ortho nitro benzene ring substituents is 1. The van der Waals surface area contributed by atoms with E-state index in [1.54, 1.807) is 25.1 Å². The van der Waals surface area contributed by atoms with Gasteiger partial charge in [-0.1, -0.05) is 0 Å². The molecule has 0 radical (unpaired) electrons. The molecule has 0 fully saturated rings. The molecule has 0 heterocycles. The van der Waals surface area contributed by atoms with E-state index in [0.717, 1.165) is 0 Å². The fraction of sp³-hybridized carbons (Fsp3) is 0.125. The lowest BCUT2D eigenvalue weighted by Gasteiger charge is -2.12. The zero-order valence-corrected chi connectivity index (χ0v) is 15.7. The highest BCUT2D eigenvalue weighted by molar-refractivity contribution is 9.10. The van der Waals surface area contributed by atoms with Crippen molar-refractivity contribution in [2.45, 2.75) is 6.92 Å². The Hall–Kier alpha value is -2.52. The van der Waals surface area contributed by atoms with Gasteiger partial charge in [0.1, 0.15) is 5.75 Å². The molecule has 130 valence electrons. The average molecular weight is 424 g/mol. The largest absolute Gasteiger partial charge is 0.496 e. The summed E-state index contributed by atoms with van der Waals surface area (Å²) in [6, 6.07) is 9.21. The number of nitrogens with one attached hydrogen (secondary N) is 2. The molecule has 9 heteroatoms. The third-order valence-electron chi connectivity index (χ3n) is 3.31. The number of thiocarbonyl (C=S) groups is 1. The number of benzene rings is 2. The van der Waals surface area contributed by atoms with Crippen LogP contribution in [0.3, 0.4) is 0 Å². The molecule has 25 heavy (non-hydrogen) atoms.